The topological polar surface area (TPSA) is 55.1 Å². The molecule has 3 aromatic heterocycles. The fourth-order valence-electron chi connectivity index (χ4n) is 7.06. The second-order valence-electron chi connectivity index (χ2n) is 13.3. The Kier molecular flexibility index (Phi) is 8.28. The molecule has 0 radical (unpaired) electrons. The van der Waals surface area contributed by atoms with Crippen molar-refractivity contribution in [1.82, 2.24) is 15.0 Å². The number of nitrogens with zero attached hydrogens (tertiary/aromatic N) is 4. The molecular weight excluding hydrogens is 693 g/mol. The Morgan fingerprint density at radius 3 is 1.60 bits per heavy atom. The normalized spacial score (nSPS) is 11.3. The lowest BCUT2D eigenvalue weighted by Crippen LogP contribution is -2.10. The van der Waals surface area contributed by atoms with Crippen molar-refractivity contribution in [2.24, 2.45) is 0 Å². The van der Waals surface area contributed by atoms with E-state index >= 15 is 0 Å². The van der Waals surface area contributed by atoms with Crippen LogP contribution in [-0.4, -0.2) is 15.0 Å². The Hall–Kier alpha value is -7.15. The van der Waals surface area contributed by atoms with Gasteiger partial charge in [0.25, 0.3) is 0 Å². The molecule has 0 unspecified atom stereocenters. The second-order valence-corrected chi connectivity index (χ2v) is 14.4. The maximum absolute atomic E-state index is 6.20. The first kappa shape index (κ1) is 32.5. The summed E-state index contributed by atoms with van der Waals surface area (Å²) in [5.41, 5.74) is 10.3. The molecule has 0 saturated carbocycles. The molecule has 0 N–H and O–H groups in total. The Morgan fingerprint density at radius 2 is 0.891 bits per heavy atom. The lowest BCUT2D eigenvalue weighted by atomic mass is 10.0. The summed E-state index contributed by atoms with van der Waals surface area (Å²) in [5, 5.41) is 2.19. The molecule has 0 aliphatic carbocycles. The van der Waals surface area contributed by atoms with Gasteiger partial charge in [-0.1, -0.05) is 133 Å². The van der Waals surface area contributed by atoms with Gasteiger partial charge in [0.15, 0.2) is 17.5 Å². The molecule has 0 bridgehead atoms. The van der Waals surface area contributed by atoms with E-state index in [1.807, 2.05) is 72.8 Å². The second kappa shape index (κ2) is 14.0. The Bertz CT molecular complexity index is 2860. The van der Waals surface area contributed by atoms with E-state index in [1.54, 1.807) is 11.3 Å². The summed E-state index contributed by atoms with van der Waals surface area (Å²) in [6.07, 6.45) is 0. The highest BCUT2D eigenvalue weighted by Crippen LogP contribution is 2.41. The number of aromatic nitrogens is 3. The molecule has 0 amide bonds. The third-order valence-corrected chi connectivity index (χ3v) is 10.9. The van der Waals surface area contributed by atoms with Crippen LogP contribution in [0.25, 0.3) is 77.0 Å². The molecule has 10 rings (SSSR count). The Morgan fingerprint density at radius 1 is 0.345 bits per heavy atom. The molecule has 260 valence electrons. The maximum Gasteiger partial charge on any atom is 0.174 e. The first-order valence-electron chi connectivity index (χ1n) is 18.2. The van der Waals surface area contributed by atoms with Gasteiger partial charge in [-0.15, -0.1) is 11.3 Å². The fourth-order valence-corrected chi connectivity index (χ4v) is 8.01. The summed E-state index contributed by atoms with van der Waals surface area (Å²) in [6, 6.07) is 67.1. The number of furan rings is 1. The number of hydrogen-bond acceptors (Lipinski definition) is 6. The van der Waals surface area contributed by atoms with Crippen LogP contribution >= 0.6 is 11.3 Å². The van der Waals surface area contributed by atoms with Gasteiger partial charge in [-0.25, -0.2) is 15.0 Å². The summed E-state index contributed by atoms with van der Waals surface area (Å²) in [5.74, 6) is 1.97. The molecule has 0 atom stereocenters. The van der Waals surface area contributed by atoms with Crippen molar-refractivity contribution in [2.45, 2.75) is 0 Å². The van der Waals surface area contributed by atoms with Crippen LogP contribution in [0, 0.1) is 0 Å². The largest absolute Gasteiger partial charge is 0.456 e. The summed E-state index contributed by atoms with van der Waals surface area (Å²) >= 11 is 1.68. The first-order chi connectivity index (χ1) is 27.2. The molecule has 55 heavy (non-hydrogen) atoms. The standard InChI is InChI=1S/C49H32N4OS/c1-4-13-33(14-5-1)37-19-12-20-39(31-37)53(40-27-28-44-42(32-40)41-21-10-11-22-43(41)54-44)38-25-23-34(24-26-38)45-29-30-46(55-45)49-51-47(35-15-6-2-7-16-35)50-48(52-49)36-17-8-3-9-18-36/h1-32H. The lowest BCUT2D eigenvalue weighted by Gasteiger charge is -2.26. The van der Waals surface area contributed by atoms with Crippen LogP contribution < -0.4 is 4.90 Å². The quantitative estimate of drug-likeness (QED) is 0.156. The van der Waals surface area contributed by atoms with E-state index in [2.05, 4.69) is 126 Å². The molecule has 0 saturated heterocycles. The third kappa shape index (κ3) is 6.35. The van der Waals surface area contributed by atoms with E-state index in [9.17, 15) is 0 Å². The van der Waals surface area contributed by atoms with Crippen molar-refractivity contribution >= 4 is 50.3 Å². The van der Waals surface area contributed by atoms with E-state index < -0.39 is 0 Å². The predicted octanol–water partition coefficient (Wildman–Crippen LogP) is 13.6. The van der Waals surface area contributed by atoms with Gasteiger partial charge in [0.2, 0.25) is 0 Å². The first-order valence-corrected chi connectivity index (χ1v) is 19.0. The number of hydrogen-bond donors (Lipinski definition) is 0. The monoisotopic (exact) mass is 724 g/mol. The van der Waals surface area contributed by atoms with Gasteiger partial charge >= 0.3 is 0 Å². The predicted molar refractivity (Wildman–Crippen MR) is 227 cm³/mol. The summed E-state index contributed by atoms with van der Waals surface area (Å²) in [4.78, 5) is 19.2. The summed E-state index contributed by atoms with van der Waals surface area (Å²) < 4.78 is 6.20. The molecule has 5 nitrogen and oxygen atoms in total. The number of anilines is 3. The van der Waals surface area contributed by atoms with E-state index in [1.165, 1.54) is 5.56 Å². The zero-order valence-corrected chi connectivity index (χ0v) is 30.4. The van der Waals surface area contributed by atoms with Crippen molar-refractivity contribution in [1.29, 1.82) is 0 Å². The Balaban J connectivity index is 1.03. The average Bonchev–Trinajstić information content (AvgIpc) is 3.91. The molecule has 6 heteroatoms. The van der Waals surface area contributed by atoms with Crippen molar-refractivity contribution in [3.05, 3.63) is 194 Å². The molecular formula is C49H32N4OS. The van der Waals surface area contributed by atoms with Crippen LogP contribution in [0.4, 0.5) is 17.1 Å². The molecule has 0 aliphatic rings. The van der Waals surface area contributed by atoms with E-state index in [4.69, 9.17) is 19.4 Å². The average molecular weight is 725 g/mol. The fraction of sp³-hybridized carbons (Fsp3) is 0. The van der Waals surface area contributed by atoms with Crippen molar-refractivity contribution < 1.29 is 4.42 Å². The number of fused-ring (bicyclic) bond motifs is 3. The van der Waals surface area contributed by atoms with Gasteiger partial charge in [0.1, 0.15) is 11.2 Å². The minimum absolute atomic E-state index is 0.654. The molecule has 0 fully saturated rings. The van der Waals surface area contributed by atoms with Gasteiger partial charge < -0.3 is 9.32 Å². The van der Waals surface area contributed by atoms with Gasteiger partial charge in [-0.3, -0.25) is 0 Å². The maximum atomic E-state index is 6.20. The highest BCUT2D eigenvalue weighted by Gasteiger charge is 2.18. The minimum atomic E-state index is 0.654. The van der Waals surface area contributed by atoms with Crippen LogP contribution in [0.3, 0.4) is 0 Å². The Labute approximate surface area is 322 Å². The molecule has 7 aromatic carbocycles. The van der Waals surface area contributed by atoms with Crippen LogP contribution in [0.1, 0.15) is 0 Å². The van der Waals surface area contributed by atoms with Crippen LogP contribution in [0.2, 0.25) is 0 Å². The smallest absolute Gasteiger partial charge is 0.174 e. The molecule has 10 aromatic rings. The SMILES string of the molecule is c1ccc(-c2cccc(N(c3ccc(-c4ccc(-c5nc(-c6ccccc6)nc(-c6ccccc6)n5)s4)cc3)c3ccc4oc5ccccc5c4c3)c2)cc1. The zero-order chi connectivity index (χ0) is 36.6. The van der Waals surface area contributed by atoms with Gasteiger partial charge in [-0.2, -0.15) is 0 Å². The number of thiophene rings is 1. The third-order valence-electron chi connectivity index (χ3n) is 9.77. The van der Waals surface area contributed by atoms with Gasteiger partial charge in [-0.05, 0) is 77.4 Å². The lowest BCUT2D eigenvalue weighted by molar-refractivity contribution is 0.669. The van der Waals surface area contributed by atoms with Crippen molar-refractivity contribution in [2.75, 3.05) is 4.90 Å². The van der Waals surface area contributed by atoms with E-state index in [-0.39, 0.29) is 0 Å². The highest BCUT2D eigenvalue weighted by molar-refractivity contribution is 7.18. The molecule has 0 spiro atoms. The summed E-state index contributed by atoms with van der Waals surface area (Å²) in [7, 11) is 0. The highest BCUT2D eigenvalue weighted by atomic mass is 32.1. The number of para-hydroxylation sites is 1. The number of rotatable bonds is 8. The van der Waals surface area contributed by atoms with Gasteiger partial charge in [0, 0.05) is 43.8 Å². The van der Waals surface area contributed by atoms with Crippen LogP contribution in [0.15, 0.2) is 199 Å². The molecule has 0 aliphatic heterocycles. The van der Waals surface area contributed by atoms with Crippen molar-refractivity contribution in [3.8, 4) is 55.0 Å². The van der Waals surface area contributed by atoms with E-state index in [0.717, 1.165) is 71.0 Å². The van der Waals surface area contributed by atoms with Crippen LogP contribution in [0.5, 0.6) is 0 Å². The summed E-state index contributed by atoms with van der Waals surface area (Å²) in [6.45, 7) is 0. The van der Waals surface area contributed by atoms with Crippen molar-refractivity contribution in [3.63, 3.8) is 0 Å². The van der Waals surface area contributed by atoms with Crippen LogP contribution in [-0.2, 0) is 0 Å². The minimum Gasteiger partial charge on any atom is -0.456 e. The zero-order valence-electron chi connectivity index (χ0n) is 29.6. The van der Waals surface area contributed by atoms with Gasteiger partial charge in [0.05, 0.1) is 4.88 Å². The molecule has 3 heterocycles. The van der Waals surface area contributed by atoms with E-state index in [0.29, 0.717) is 17.5 Å². The number of benzene rings is 7.